The van der Waals surface area contributed by atoms with Crippen LogP contribution in [-0.4, -0.2) is 17.6 Å². The maximum absolute atomic E-state index is 4.65. The predicted octanol–water partition coefficient (Wildman–Crippen LogP) is 9.66. The second-order valence-corrected chi connectivity index (χ2v) is 12.0. The molecule has 6 aromatic rings. The number of hydrogen-bond donors (Lipinski definition) is 2. The summed E-state index contributed by atoms with van der Waals surface area (Å²) >= 11 is 0. The molecule has 46 heavy (non-hydrogen) atoms. The Morgan fingerprint density at radius 3 is 2.09 bits per heavy atom. The van der Waals surface area contributed by atoms with Crippen LogP contribution in [0.15, 0.2) is 164 Å². The van der Waals surface area contributed by atoms with E-state index in [1.54, 1.807) is 0 Å². The van der Waals surface area contributed by atoms with E-state index in [0.29, 0.717) is 0 Å². The fraction of sp³-hybridized carbons (Fsp3) is 0.0465. The van der Waals surface area contributed by atoms with E-state index >= 15 is 0 Å². The number of nitrogens with zero attached hydrogens (tertiary/aromatic N) is 1. The summed E-state index contributed by atoms with van der Waals surface area (Å²) in [4.78, 5) is 4.65. The smallest absolute Gasteiger partial charge is 0.0861 e. The highest BCUT2D eigenvalue weighted by Gasteiger charge is 2.23. The Hall–Kier alpha value is -5.93. The molecule has 1 aliphatic carbocycles. The van der Waals surface area contributed by atoms with Gasteiger partial charge in [-0.3, -0.25) is 4.98 Å². The lowest BCUT2D eigenvalue weighted by Gasteiger charge is -2.28. The van der Waals surface area contributed by atoms with Crippen LogP contribution in [0.3, 0.4) is 0 Å². The largest absolute Gasteiger partial charge is 0.383 e. The normalized spacial score (nSPS) is 16.2. The van der Waals surface area contributed by atoms with Crippen LogP contribution in [0, 0.1) is 0 Å². The van der Waals surface area contributed by atoms with E-state index in [9.17, 15) is 0 Å². The van der Waals surface area contributed by atoms with Crippen molar-refractivity contribution in [3.8, 4) is 44.5 Å². The van der Waals surface area contributed by atoms with Gasteiger partial charge in [-0.1, -0.05) is 109 Å². The second kappa shape index (κ2) is 10.9. The molecule has 2 aliphatic heterocycles. The van der Waals surface area contributed by atoms with Crippen LogP contribution in [0.5, 0.6) is 0 Å². The van der Waals surface area contributed by atoms with Crippen molar-refractivity contribution >= 4 is 22.0 Å². The molecule has 218 valence electrons. The molecule has 0 radical (unpaired) electrons. The first-order chi connectivity index (χ1) is 22.8. The van der Waals surface area contributed by atoms with Crippen LogP contribution in [0.1, 0.15) is 11.3 Å². The van der Waals surface area contributed by atoms with E-state index in [1.807, 2.05) is 18.3 Å². The van der Waals surface area contributed by atoms with Gasteiger partial charge in [-0.05, 0) is 109 Å². The molecule has 0 saturated carbocycles. The highest BCUT2D eigenvalue weighted by atomic mass is 15.0. The molecule has 0 fully saturated rings. The molecule has 1 atom stereocenters. The monoisotopic (exact) mass is 589 g/mol. The van der Waals surface area contributed by atoms with E-state index in [1.165, 1.54) is 66.4 Å². The number of pyridine rings is 1. The Bertz CT molecular complexity index is 2260. The first-order valence-corrected chi connectivity index (χ1v) is 15.9. The van der Waals surface area contributed by atoms with Crippen molar-refractivity contribution in [1.82, 2.24) is 15.6 Å². The Labute approximate surface area is 269 Å². The van der Waals surface area contributed by atoms with Gasteiger partial charge in [0.2, 0.25) is 0 Å². The number of fused-ring (bicyclic) bond motifs is 3. The van der Waals surface area contributed by atoms with Gasteiger partial charge in [0.05, 0.1) is 17.4 Å². The van der Waals surface area contributed by atoms with Crippen LogP contribution in [0.2, 0.25) is 0 Å². The lowest BCUT2D eigenvalue weighted by Crippen LogP contribution is -2.37. The van der Waals surface area contributed by atoms with Crippen LogP contribution in [0.25, 0.3) is 66.6 Å². The second-order valence-electron chi connectivity index (χ2n) is 12.0. The molecule has 0 bridgehead atoms. The Balaban J connectivity index is 1.11. The molecule has 2 N–H and O–H groups in total. The number of benzene rings is 5. The summed E-state index contributed by atoms with van der Waals surface area (Å²) in [5.41, 5.74) is 15.6. The Morgan fingerprint density at radius 2 is 1.30 bits per heavy atom. The minimum atomic E-state index is 0.0175. The third-order valence-corrected chi connectivity index (χ3v) is 9.32. The number of aromatic nitrogens is 1. The molecule has 3 heteroatoms. The summed E-state index contributed by atoms with van der Waals surface area (Å²) in [6.07, 6.45) is 12.8. The fourth-order valence-corrected chi connectivity index (χ4v) is 7.14. The van der Waals surface area contributed by atoms with Crippen molar-refractivity contribution in [2.24, 2.45) is 0 Å². The number of dihydropyridines is 2. The molecular formula is C43H31N3. The molecule has 1 unspecified atom stereocenters. The maximum atomic E-state index is 4.65. The quantitative estimate of drug-likeness (QED) is 0.210. The lowest BCUT2D eigenvalue weighted by molar-refractivity contribution is 0.714. The zero-order valence-electron chi connectivity index (χ0n) is 25.2. The topological polar surface area (TPSA) is 37.0 Å². The number of nitrogens with one attached hydrogen (secondary N) is 2. The molecule has 3 heterocycles. The predicted molar refractivity (Wildman–Crippen MR) is 192 cm³/mol. The van der Waals surface area contributed by atoms with Crippen molar-refractivity contribution in [1.29, 1.82) is 0 Å². The summed E-state index contributed by atoms with van der Waals surface area (Å²) in [5, 5.41) is 9.90. The van der Waals surface area contributed by atoms with E-state index in [2.05, 4.69) is 155 Å². The van der Waals surface area contributed by atoms with E-state index in [0.717, 1.165) is 23.6 Å². The summed E-state index contributed by atoms with van der Waals surface area (Å²) in [5.74, 6) is 0. The molecule has 3 nitrogen and oxygen atoms in total. The molecule has 1 aromatic heterocycles. The summed E-state index contributed by atoms with van der Waals surface area (Å²) in [6.45, 7) is 0.827. The SMILES string of the molecule is C1=CCNC(C2C=C(c3cccc(-c4cccc(-c5ccc6c7c(cccc57)-c5ccccc5-6)c4)c3)C=C(c3ccccn3)N2)=C1. The van der Waals surface area contributed by atoms with Gasteiger partial charge in [-0.25, -0.2) is 0 Å². The molecule has 0 saturated heterocycles. The van der Waals surface area contributed by atoms with Crippen LogP contribution in [-0.2, 0) is 0 Å². The van der Waals surface area contributed by atoms with Gasteiger partial charge in [-0.15, -0.1) is 0 Å². The van der Waals surface area contributed by atoms with Crippen molar-refractivity contribution in [2.45, 2.75) is 6.04 Å². The average molecular weight is 590 g/mol. The minimum absolute atomic E-state index is 0.0175. The van der Waals surface area contributed by atoms with Crippen molar-refractivity contribution < 1.29 is 0 Å². The van der Waals surface area contributed by atoms with Crippen LogP contribution < -0.4 is 10.6 Å². The summed E-state index contributed by atoms with van der Waals surface area (Å²) in [7, 11) is 0. The maximum Gasteiger partial charge on any atom is 0.0861 e. The zero-order valence-corrected chi connectivity index (χ0v) is 25.2. The van der Waals surface area contributed by atoms with Gasteiger partial charge in [0.1, 0.15) is 0 Å². The Kier molecular flexibility index (Phi) is 6.27. The van der Waals surface area contributed by atoms with Gasteiger partial charge in [0.15, 0.2) is 0 Å². The van der Waals surface area contributed by atoms with Gasteiger partial charge in [-0.2, -0.15) is 0 Å². The average Bonchev–Trinajstić information content (AvgIpc) is 3.47. The zero-order chi connectivity index (χ0) is 30.5. The standard InChI is InChI=1S/C43H31N3/c1-2-15-35-34(14-1)37-17-9-16-36-33(20-21-38(35)43(36)37)31-13-8-11-29(25-31)28-10-7-12-30(24-28)32-26-41(39-18-3-5-22-44-39)46-42(27-32)40-19-4-6-23-45-40/h1-22,24-27,42,45-46H,23H2. The van der Waals surface area contributed by atoms with Crippen molar-refractivity contribution in [3.63, 3.8) is 0 Å². The minimum Gasteiger partial charge on any atom is -0.383 e. The van der Waals surface area contributed by atoms with Crippen molar-refractivity contribution in [3.05, 3.63) is 175 Å². The number of allylic oxidation sites excluding steroid dienone is 4. The van der Waals surface area contributed by atoms with Crippen LogP contribution >= 0.6 is 0 Å². The van der Waals surface area contributed by atoms with Gasteiger partial charge >= 0.3 is 0 Å². The molecular weight excluding hydrogens is 558 g/mol. The molecule has 9 rings (SSSR count). The summed E-state index contributed by atoms with van der Waals surface area (Å²) < 4.78 is 0. The molecule has 0 spiro atoms. The third-order valence-electron chi connectivity index (χ3n) is 9.32. The van der Waals surface area contributed by atoms with E-state index in [4.69, 9.17) is 0 Å². The molecule has 3 aliphatic rings. The van der Waals surface area contributed by atoms with Gasteiger partial charge in [0.25, 0.3) is 0 Å². The highest BCUT2D eigenvalue weighted by Crippen LogP contribution is 2.49. The van der Waals surface area contributed by atoms with Crippen molar-refractivity contribution in [2.75, 3.05) is 6.54 Å². The third kappa shape index (κ3) is 4.48. The number of hydrogen-bond acceptors (Lipinski definition) is 3. The van der Waals surface area contributed by atoms with E-state index in [-0.39, 0.29) is 6.04 Å². The first kappa shape index (κ1) is 26.5. The van der Waals surface area contributed by atoms with Gasteiger partial charge < -0.3 is 10.6 Å². The van der Waals surface area contributed by atoms with E-state index < -0.39 is 0 Å². The Morgan fingerprint density at radius 1 is 0.609 bits per heavy atom. The first-order valence-electron chi connectivity index (χ1n) is 15.9. The van der Waals surface area contributed by atoms with Crippen LogP contribution in [0.4, 0.5) is 0 Å². The summed E-state index contributed by atoms with van der Waals surface area (Å²) in [6, 6.07) is 44.0. The number of rotatable bonds is 5. The molecule has 0 amide bonds. The highest BCUT2D eigenvalue weighted by molar-refractivity contribution is 6.18. The lowest BCUT2D eigenvalue weighted by atomic mass is 9.91. The van der Waals surface area contributed by atoms with Gasteiger partial charge in [0, 0.05) is 18.4 Å². The fourth-order valence-electron chi connectivity index (χ4n) is 7.14. The molecule has 5 aromatic carbocycles.